The van der Waals surface area contributed by atoms with Crippen molar-refractivity contribution in [1.82, 2.24) is 0 Å². The first-order valence-corrected chi connectivity index (χ1v) is 23.2. The lowest BCUT2D eigenvalue weighted by atomic mass is 9.76. The van der Waals surface area contributed by atoms with Crippen LogP contribution in [0.4, 0.5) is 0 Å². The molecule has 7 aromatic rings. The van der Waals surface area contributed by atoms with Gasteiger partial charge in [-0.3, -0.25) is 0 Å². The second kappa shape index (κ2) is 13.3. The molecule has 2 aliphatic rings. The molecule has 0 atom stereocenters. The Bertz CT molecular complexity index is 2540. The lowest BCUT2D eigenvalue weighted by Crippen LogP contribution is -2.75. The maximum atomic E-state index is 2.63. The summed E-state index contributed by atoms with van der Waals surface area (Å²) in [4.78, 5) is 5.51. The average Bonchev–Trinajstić information content (AvgIpc) is 3.19. The summed E-state index contributed by atoms with van der Waals surface area (Å²) in [6.07, 6.45) is 0. The van der Waals surface area contributed by atoms with Crippen LogP contribution in [0.2, 0.25) is 0 Å². The lowest BCUT2D eigenvalue weighted by Gasteiger charge is -2.41. The highest BCUT2D eigenvalue weighted by atomic mass is 32.2. The molecular formula is C52H48S2Si. The first-order valence-electron chi connectivity index (χ1n) is 19.5. The molecule has 0 saturated heterocycles. The number of fused-ring (bicyclic) bond motifs is 4. The van der Waals surface area contributed by atoms with E-state index in [1.54, 1.807) is 0 Å². The topological polar surface area (TPSA) is 0 Å². The van der Waals surface area contributed by atoms with Gasteiger partial charge in [0.1, 0.15) is 0 Å². The summed E-state index contributed by atoms with van der Waals surface area (Å²) in [6, 6.07) is 62.8. The Labute approximate surface area is 337 Å². The minimum Gasteiger partial charge on any atom is -0.0895 e. The van der Waals surface area contributed by atoms with Gasteiger partial charge in [-0.2, -0.15) is 0 Å². The largest absolute Gasteiger partial charge is 0.180 e. The Balaban J connectivity index is 1.38. The maximum absolute atomic E-state index is 2.96. The summed E-state index contributed by atoms with van der Waals surface area (Å²) in [7, 11) is -2.96. The summed E-state index contributed by atoms with van der Waals surface area (Å²) in [6.45, 7) is 16.7. The van der Waals surface area contributed by atoms with Crippen LogP contribution in [0.1, 0.15) is 76.3 Å². The predicted octanol–water partition coefficient (Wildman–Crippen LogP) is 11.6. The number of hydrogen-bond acceptors (Lipinski definition) is 2. The highest BCUT2D eigenvalue weighted by Gasteiger charge is 2.46. The van der Waals surface area contributed by atoms with Crippen molar-refractivity contribution in [2.45, 2.75) is 84.3 Å². The SMILES string of the molecule is CC(C)(C)c1ccc([Si](c2ccccc2)(c2ccccc2)c2cccc3c2Sc2ccccc2C3(C)C)cc1-c1cccc2c1Sc1ccccc1C2(C)C. The molecule has 9 rings (SSSR count). The van der Waals surface area contributed by atoms with E-state index < -0.39 is 8.07 Å². The van der Waals surface area contributed by atoms with Gasteiger partial charge in [-0.1, -0.05) is 224 Å². The van der Waals surface area contributed by atoms with Crippen molar-refractivity contribution in [2.24, 2.45) is 0 Å². The molecule has 0 unspecified atom stereocenters. The van der Waals surface area contributed by atoms with Crippen molar-refractivity contribution in [3.63, 3.8) is 0 Å². The summed E-state index contributed by atoms with van der Waals surface area (Å²) in [5, 5.41) is 5.68. The third kappa shape index (κ3) is 5.65. The van der Waals surface area contributed by atoms with Crippen LogP contribution in [-0.2, 0) is 16.2 Å². The summed E-state index contributed by atoms with van der Waals surface area (Å²) < 4.78 is 0. The van der Waals surface area contributed by atoms with E-state index >= 15 is 0 Å². The molecule has 2 aliphatic heterocycles. The van der Waals surface area contributed by atoms with Gasteiger partial charge >= 0.3 is 0 Å². The highest BCUT2D eigenvalue weighted by molar-refractivity contribution is 8.00. The number of benzene rings is 7. The second-order valence-electron chi connectivity index (χ2n) is 17.3. The van der Waals surface area contributed by atoms with Crippen molar-refractivity contribution in [3.05, 3.63) is 192 Å². The molecule has 55 heavy (non-hydrogen) atoms. The van der Waals surface area contributed by atoms with Crippen molar-refractivity contribution in [2.75, 3.05) is 0 Å². The number of hydrogen-bond donors (Lipinski definition) is 0. The minimum atomic E-state index is -2.96. The standard InChI is InChI=1S/C52H48S2Si/c1-50(2,3)40-33-32-37(34-39(40)38-24-18-27-43-48(38)53-45-29-16-14-25-41(45)51(43,4)5)55(35-20-10-8-11-21-35,36-22-12-9-13-23-36)47-31-19-28-44-49(47)54-46-30-17-15-26-42(46)52(44,6)7/h8-34H,1-7H3. The molecule has 0 fully saturated rings. The van der Waals surface area contributed by atoms with Crippen LogP contribution in [0.25, 0.3) is 11.1 Å². The molecule has 272 valence electrons. The molecule has 7 aromatic carbocycles. The molecular weight excluding hydrogens is 717 g/mol. The molecule has 0 radical (unpaired) electrons. The predicted molar refractivity (Wildman–Crippen MR) is 240 cm³/mol. The molecule has 0 bridgehead atoms. The van der Waals surface area contributed by atoms with Gasteiger partial charge in [0.25, 0.3) is 0 Å². The van der Waals surface area contributed by atoms with Gasteiger partial charge in [0, 0.05) is 30.4 Å². The fourth-order valence-corrected chi connectivity index (χ4v) is 17.8. The Morgan fingerprint density at radius 3 is 1.45 bits per heavy atom. The van der Waals surface area contributed by atoms with E-state index in [0.717, 1.165) is 0 Å². The van der Waals surface area contributed by atoms with Crippen LogP contribution < -0.4 is 20.7 Å². The van der Waals surface area contributed by atoms with Gasteiger partial charge < -0.3 is 0 Å². The lowest BCUT2D eigenvalue weighted by molar-refractivity contribution is 0.591. The molecule has 0 N–H and O–H groups in total. The third-order valence-electron chi connectivity index (χ3n) is 12.3. The molecule has 0 aliphatic carbocycles. The van der Waals surface area contributed by atoms with Crippen LogP contribution in [0.5, 0.6) is 0 Å². The smallest absolute Gasteiger partial charge is 0.0895 e. The Morgan fingerprint density at radius 2 is 0.891 bits per heavy atom. The first kappa shape index (κ1) is 36.1. The minimum absolute atomic E-state index is 0.0669. The van der Waals surface area contributed by atoms with E-state index in [1.807, 2.05) is 23.5 Å². The fourth-order valence-electron chi connectivity index (χ4n) is 9.44. The van der Waals surface area contributed by atoms with E-state index in [2.05, 4.69) is 212 Å². The van der Waals surface area contributed by atoms with Crippen LogP contribution in [0.15, 0.2) is 183 Å². The molecule has 3 heteroatoms. The highest BCUT2D eigenvalue weighted by Crippen LogP contribution is 2.53. The number of rotatable bonds is 5. The summed E-state index contributed by atoms with van der Waals surface area (Å²) in [5.41, 5.74) is 9.38. The van der Waals surface area contributed by atoms with E-state index in [4.69, 9.17) is 0 Å². The molecule has 0 nitrogen and oxygen atoms in total. The zero-order valence-corrected chi connectivity index (χ0v) is 35.5. The molecule has 0 saturated carbocycles. The van der Waals surface area contributed by atoms with Crippen LogP contribution in [0, 0.1) is 0 Å². The maximum Gasteiger partial charge on any atom is 0.180 e. The van der Waals surface area contributed by atoms with E-state index in [1.165, 1.54) is 79.3 Å². The van der Waals surface area contributed by atoms with Gasteiger partial charge in [0.05, 0.1) is 0 Å². The quantitative estimate of drug-likeness (QED) is 0.126. The van der Waals surface area contributed by atoms with Gasteiger partial charge in [-0.05, 0) is 77.2 Å². The van der Waals surface area contributed by atoms with Gasteiger partial charge in [-0.15, -0.1) is 0 Å². The van der Waals surface area contributed by atoms with E-state index in [9.17, 15) is 0 Å². The fraction of sp³-hybridized carbons (Fsp3) is 0.192. The monoisotopic (exact) mass is 764 g/mol. The van der Waals surface area contributed by atoms with Gasteiger partial charge in [0.2, 0.25) is 0 Å². The first-order chi connectivity index (χ1) is 26.4. The van der Waals surface area contributed by atoms with Gasteiger partial charge in [-0.25, -0.2) is 0 Å². The second-order valence-corrected chi connectivity index (χ2v) is 23.2. The van der Waals surface area contributed by atoms with Crippen LogP contribution in [-0.4, -0.2) is 8.07 Å². The van der Waals surface area contributed by atoms with Gasteiger partial charge in [0.15, 0.2) is 8.07 Å². The molecule has 0 amide bonds. The van der Waals surface area contributed by atoms with Crippen LogP contribution >= 0.6 is 23.5 Å². The van der Waals surface area contributed by atoms with Crippen molar-refractivity contribution in [3.8, 4) is 11.1 Å². The Hall–Kier alpha value is -4.54. The van der Waals surface area contributed by atoms with E-state index in [0.29, 0.717) is 0 Å². The molecule has 0 aromatic heterocycles. The third-order valence-corrected chi connectivity index (χ3v) is 19.7. The molecule has 0 spiro atoms. The molecule has 2 heterocycles. The van der Waals surface area contributed by atoms with Crippen molar-refractivity contribution < 1.29 is 0 Å². The summed E-state index contributed by atoms with van der Waals surface area (Å²) >= 11 is 3.92. The normalized spacial score (nSPS) is 15.3. The Morgan fingerprint density at radius 1 is 0.418 bits per heavy atom. The van der Waals surface area contributed by atoms with E-state index in [-0.39, 0.29) is 16.2 Å². The van der Waals surface area contributed by atoms with Crippen LogP contribution in [0.3, 0.4) is 0 Å². The zero-order valence-electron chi connectivity index (χ0n) is 32.9. The average molecular weight is 765 g/mol. The van der Waals surface area contributed by atoms with Crippen molar-refractivity contribution >= 4 is 52.3 Å². The van der Waals surface area contributed by atoms with Crippen molar-refractivity contribution in [1.29, 1.82) is 0 Å². The Kier molecular flexibility index (Phi) is 8.73. The zero-order chi connectivity index (χ0) is 38.2. The summed E-state index contributed by atoms with van der Waals surface area (Å²) in [5.74, 6) is 0.